The minimum atomic E-state index is 0.716. The van der Waals surface area contributed by atoms with Crippen molar-refractivity contribution in [3.05, 3.63) is 42.7 Å². The molecule has 0 saturated carbocycles. The first-order valence-electron chi connectivity index (χ1n) is 6.85. The van der Waals surface area contributed by atoms with E-state index in [-0.39, 0.29) is 0 Å². The van der Waals surface area contributed by atoms with E-state index in [9.17, 15) is 0 Å². The summed E-state index contributed by atoms with van der Waals surface area (Å²) in [5, 5.41) is 0. The van der Waals surface area contributed by atoms with Crippen LogP contribution in [0, 0.1) is 0 Å². The van der Waals surface area contributed by atoms with E-state index in [0.717, 1.165) is 17.1 Å². The Morgan fingerprint density at radius 2 is 1.57 bits per heavy atom. The van der Waals surface area contributed by atoms with Crippen molar-refractivity contribution in [2.24, 2.45) is 0 Å². The van der Waals surface area contributed by atoms with Crippen molar-refractivity contribution in [1.29, 1.82) is 0 Å². The van der Waals surface area contributed by atoms with Gasteiger partial charge in [-0.1, -0.05) is 12.1 Å². The van der Waals surface area contributed by atoms with E-state index in [1.165, 1.54) is 5.69 Å². The number of hydrogen-bond acceptors (Lipinski definition) is 4. The molecule has 2 heterocycles. The molecule has 5 heteroatoms. The first kappa shape index (κ1) is 13.4. The number of aromatic nitrogens is 3. The molecule has 0 spiro atoms. The van der Waals surface area contributed by atoms with Crippen LogP contribution >= 0.6 is 0 Å². The van der Waals surface area contributed by atoms with Gasteiger partial charge in [0.25, 0.3) is 0 Å². The van der Waals surface area contributed by atoms with Crippen LogP contribution in [0.2, 0.25) is 0 Å². The summed E-state index contributed by atoms with van der Waals surface area (Å²) in [5.41, 5.74) is 3.21. The summed E-state index contributed by atoms with van der Waals surface area (Å²) in [6.07, 6.45) is 3.99. The minimum Gasteiger partial charge on any atom is -0.378 e. The highest BCUT2D eigenvalue weighted by Crippen LogP contribution is 2.22. The average Bonchev–Trinajstić information content (AvgIpc) is 2.90. The van der Waals surface area contributed by atoms with Gasteiger partial charge in [0, 0.05) is 51.8 Å². The number of anilines is 2. The number of imidazole rings is 1. The molecular formula is C16H19N5. The van der Waals surface area contributed by atoms with Crippen LogP contribution in [0.5, 0.6) is 0 Å². The fourth-order valence-electron chi connectivity index (χ4n) is 2.18. The Balaban J connectivity index is 2.00. The number of rotatable bonds is 3. The van der Waals surface area contributed by atoms with Crippen molar-refractivity contribution < 1.29 is 0 Å². The van der Waals surface area contributed by atoms with E-state index in [0.29, 0.717) is 5.78 Å². The van der Waals surface area contributed by atoms with Crippen molar-refractivity contribution in [2.75, 3.05) is 38.0 Å². The maximum Gasteiger partial charge on any atom is 0.236 e. The molecule has 0 fully saturated rings. The van der Waals surface area contributed by atoms with Gasteiger partial charge in [0.05, 0.1) is 5.69 Å². The number of hydrogen-bond donors (Lipinski definition) is 0. The Bertz CT molecular complexity index is 756. The molecule has 21 heavy (non-hydrogen) atoms. The van der Waals surface area contributed by atoms with Crippen molar-refractivity contribution in [3.8, 4) is 11.3 Å². The Morgan fingerprint density at radius 3 is 2.19 bits per heavy atom. The Labute approximate surface area is 124 Å². The largest absolute Gasteiger partial charge is 0.378 e. The zero-order valence-corrected chi connectivity index (χ0v) is 12.8. The van der Waals surface area contributed by atoms with Gasteiger partial charge in [-0.2, -0.15) is 4.98 Å². The van der Waals surface area contributed by atoms with Crippen LogP contribution in [0.4, 0.5) is 11.5 Å². The molecule has 0 atom stereocenters. The number of nitrogens with zero attached hydrogens (tertiary/aromatic N) is 5. The lowest BCUT2D eigenvalue weighted by atomic mass is 10.1. The van der Waals surface area contributed by atoms with E-state index in [2.05, 4.69) is 39.1 Å². The van der Waals surface area contributed by atoms with Crippen molar-refractivity contribution in [1.82, 2.24) is 14.4 Å². The van der Waals surface area contributed by atoms with Crippen LogP contribution in [0.15, 0.2) is 42.7 Å². The minimum absolute atomic E-state index is 0.716. The Kier molecular flexibility index (Phi) is 3.25. The fraction of sp³-hybridized carbons (Fsp3) is 0.250. The van der Waals surface area contributed by atoms with E-state index < -0.39 is 0 Å². The monoisotopic (exact) mass is 281 g/mol. The third-order valence-electron chi connectivity index (χ3n) is 3.45. The molecule has 0 aliphatic rings. The number of benzene rings is 1. The summed E-state index contributed by atoms with van der Waals surface area (Å²) in [5.74, 6) is 1.62. The van der Waals surface area contributed by atoms with Gasteiger partial charge in [-0.15, -0.1) is 0 Å². The Morgan fingerprint density at radius 1 is 0.857 bits per heavy atom. The second kappa shape index (κ2) is 5.09. The molecule has 5 nitrogen and oxygen atoms in total. The van der Waals surface area contributed by atoms with Crippen molar-refractivity contribution in [3.63, 3.8) is 0 Å². The van der Waals surface area contributed by atoms with Gasteiger partial charge in [-0.25, -0.2) is 4.98 Å². The van der Waals surface area contributed by atoms with Gasteiger partial charge in [0.15, 0.2) is 0 Å². The second-order valence-electron chi connectivity index (χ2n) is 5.45. The quantitative estimate of drug-likeness (QED) is 0.739. The second-order valence-corrected chi connectivity index (χ2v) is 5.45. The fourth-order valence-corrected chi connectivity index (χ4v) is 2.18. The maximum atomic E-state index is 4.61. The summed E-state index contributed by atoms with van der Waals surface area (Å²) < 4.78 is 1.95. The summed E-state index contributed by atoms with van der Waals surface area (Å²) in [6, 6.07) is 10.3. The lowest BCUT2D eigenvalue weighted by Crippen LogP contribution is -2.10. The van der Waals surface area contributed by atoms with Crippen molar-refractivity contribution >= 4 is 17.3 Å². The smallest absolute Gasteiger partial charge is 0.236 e. The summed E-state index contributed by atoms with van der Waals surface area (Å²) in [4.78, 5) is 13.2. The summed E-state index contributed by atoms with van der Waals surface area (Å²) in [6.45, 7) is 0. The van der Waals surface area contributed by atoms with Crippen molar-refractivity contribution in [2.45, 2.75) is 0 Å². The molecule has 1 aromatic carbocycles. The topological polar surface area (TPSA) is 36.7 Å². The molecule has 0 aliphatic carbocycles. The third-order valence-corrected chi connectivity index (χ3v) is 3.45. The zero-order chi connectivity index (χ0) is 15.0. The van der Waals surface area contributed by atoms with Gasteiger partial charge in [-0.05, 0) is 18.2 Å². The molecule has 0 bridgehead atoms. The standard InChI is InChI=1S/C16H19N5/c1-19(2)13-7-5-12(6-8-13)14-11-21-10-9-15(20(3)4)18-16(21)17-14/h5-11H,1-4H3. The van der Waals surface area contributed by atoms with E-state index in [4.69, 9.17) is 0 Å². The molecule has 108 valence electrons. The predicted molar refractivity (Wildman–Crippen MR) is 87.1 cm³/mol. The van der Waals surface area contributed by atoms with Crippen LogP contribution in [0.25, 0.3) is 17.0 Å². The first-order chi connectivity index (χ1) is 10.0. The molecule has 0 unspecified atom stereocenters. The zero-order valence-electron chi connectivity index (χ0n) is 12.8. The van der Waals surface area contributed by atoms with E-state index in [1.807, 2.05) is 56.0 Å². The van der Waals surface area contributed by atoms with Gasteiger partial charge in [0.2, 0.25) is 5.78 Å². The predicted octanol–water partition coefficient (Wildman–Crippen LogP) is 2.53. The maximum absolute atomic E-state index is 4.61. The number of fused-ring (bicyclic) bond motifs is 1. The highest BCUT2D eigenvalue weighted by Gasteiger charge is 2.07. The highest BCUT2D eigenvalue weighted by atomic mass is 15.2. The lowest BCUT2D eigenvalue weighted by molar-refractivity contribution is 1.03. The van der Waals surface area contributed by atoms with Gasteiger partial charge >= 0.3 is 0 Å². The molecule has 0 N–H and O–H groups in total. The Hall–Kier alpha value is -2.56. The van der Waals surface area contributed by atoms with Crippen LogP contribution in [0.1, 0.15) is 0 Å². The van der Waals surface area contributed by atoms with E-state index in [1.54, 1.807) is 0 Å². The summed E-state index contributed by atoms with van der Waals surface area (Å²) >= 11 is 0. The molecule has 2 aromatic heterocycles. The molecular weight excluding hydrogens is 262 g/mol. The lowest BCUT2D eigenvalue weighted by Gasteiger charge is -2.11. The van der Waals surface area contributed by atoms with Crippen LogP contribution < -0.4 is 9.80 Å². The van der Waals surface area contributed by atoms with Gasteiger partial charge in [0.1, 0.15) is 5.82 Å². The highest BCUT2D eigenvalue weighted by molar-refractivity contribution is 5.65. The molecule has 0 radical (unpaired) electrons. The average molecular weight is 281 g/mol. The molecule has 0 amide bonds. The van der Waals surface area contributed by atoms with Gasteiger partial charge in [-0.3, -0.25) is 4.40 Å². The molecule has 3 aromatic rings. The molecule has 0 aliphatic heterocycles. The summed E-state index contributed by atoms with van der Waals surface area (Å²) in [7, 11) is 8.02. The van der Waals surface area contributed by atoms with Crippen LogP contribution in [-0.4, -0.2) is 42.6 Å². The third kappa shape index (κ3) is 2.54. The molecule has 0 saturated heterocycles. The first-order valence-corrected chi connectivity index (χ1v) is 6.85. The normalized spacial score (nSPS) is 10.9. The SMILES string of the molecule is CN(C)c1ccc(-c2cn3ccc(N(C)C)nc3n2)cc1. The van der Waals surface area contributed by atoms with Crippen LogP contribution in [0.3, 0.4) is 0 Å². The van der Waals surface area contributed by atoms with Gasteiger partial charge < -0.3 is 9.80 Å². The van der Waals surface area contributed by atoms with Crippen LogP contribution in [-0.2, 0) is 0 Å². The van der Waals surface area contributed by atoms with E-state index >= 15 is 0 Å². The molecule has 3 rings (SSSR count).